The highest BCUT2D eigenvalue weighted by molar-refractivity contribution is 5.93. The van der Waals surface area contributed by atoms with Crippen LogP contribution in [0.15, 0.2) is 42.9 Å². The lowest BCUT2D eigenvalue weighted by Crippen LogP contribution is -2.36. The number of nitrogens with zero attached hydrogens (tertiary/aromatic N) is 4. The molecule has 6 N–H and O–H groups in total. The van der Waals surface area contributed by atoms with Crippen LogP contribution < -0.4 is 27.3 Å². The fraction of sp³-hybridized carbons (Fsp3) is 0.286. The van der Waals surface area contributed by atoms with Gasteiger partial charge in [-0.2, -0.15) is 0 Å². The summed E-state index contributed by atoms with van der Waals surface area (Å²) in [5.74, 6) is 1.87. The maximum absolute atomic E-state index is 6.19. The minimum absolute atomic E-state index is 0.117. The van der Waals surface area contributed by atoms with Crippen LogP contribution in [0.5, 0.6) is 0 Å². The summed E-state index contributed by atoms with van der Waals surface area (Å²) in [6.07, 6.45) is 6.35. The zero-order valence-corrected chi connectivity index (χ0v) is 17.6. The second-order valence-electron chi connectivity index (χ2n) is 7.52. The largest absolute Gasteiger partial charge is 0.383 e. The molecule has 4 rings (SSSR count). The first-order chi connectivity index (χ1) is 14.4. The lowest BCUT2D eigenvalue weighted by molar-refractivity contribution is 0.343. The Balaban J connectivity index is 1.67. The molecule has 0 saturated carbocycles. The number of rotatable bonds is 6. The summed E-state index contributed by atoms with van der Waals surface area (Å²) in [5.41, 5.74) is 14.8. The summed E-state index contributed by atoms with van der Waals surface area (Å²) in [6, 6.07) is 8.03. The van der Waals surface area contributed by atoms with Gasteiger partial charge in [-0.1, -0.05) is 6.92 Å². The van der Waals surface area contributed by atoms with Crippen molar-refractivity contribution in [3.05, 3.63) is 54.1 Å². The molecule has 3 aromatic rings. The molecule has 1 aliphatic heterocycles. The lowest BCUT2D eigenvalue weighted by atomic mass is 9.90. The molecule has 0 radical (unpaired) electrons. The highest BCUT2D eigenvalue weighted by Crippen LogP contribution is 2.29. The zero-order chi connectivity index (χ0) is 21.3. The van der Waals surface area contributed by atoms with Crippen LogP contribution in [-0.2, 0) is 5.54 Å². The van der Waals surface area contributed by atoms with E-state index >= 15 is 0 Å². The standard InChI is InChI=1S/C21H27N9/c1-5-21(2,23-3)14-6-7-24-19(10-14)28-18-9-13-8-16(17-12-26-29-30(17)4)27-20(22)15(13)11-25-18/h6-12,23,26,29H,5H2,1-4H3,(H2,22,27)(H,24,25,28)/t21-/m1/s1. The number of nitrogen functional groups attached to an aromatic ring is 1. The fourth-order valence-electron chi connectivity index (χ4n) is 3.47. The van der Waals surface area contributed by atoms with E-state index in [1.54, 1.807) is 6.20 Å². The Labute approximate surface area is 175 Å². The molecule has 9 heteroatoms. The third-order valence-electron chi connectivity index (χ3n) is 5.72. The van der Waals surface area contributed by atoms with Crippen LogP contribution in [0, 0.1) is 0 Å². The van der Waals surface area contributed by atoms with Crippen molar-refractivity contribution in [3.8, 4) is 0 Å². The van der Waals surface area contributed by atoms with Crippen LogP contribution in [0.4, 0.5) is 17.5 Å². The maximum Gasteiger partial charge on any atom is 0.133 e. The Morgan fingerprint density at radius 1 is 1.20 bits per heavy atom. The van der Waals surface area contributed by atoms with Gasteiger partial charge in [0.05, 0.1) is 11.4 Å². The molecule has 30 heavy (non-hydrogen) atoms. The highest BCUT2D eigenvalue weighted by Gasteiger charge is 2.22. The zero-order valence-electron chi connectivity index (χ0n) is 17.6. The molecule has 0 fully saturated rings. The van der Waals surface area contributed by atoms with Crippen LogP contribution in [0.3, 0.4) is 0 Å². The molecular formula is C21H27N9. The van der Waals surface area contributed by atoms with Crippen molar-refractivity contribution in [1.82, 2.24) is 36.2 Å². The van der Waals surface area contributed by atoms with Crippen LogP contribution in [0.1, 0.15) is 31.5 Å². The summed E-state index contributed by atoms with van der Waals surface area (Å²) in [7, 11) is 3.88. The van der Waals surface area contributed by atoms with Crippen molar-refractivity contribution in [2.24, 2.45) is 0 Å². The lowest BCUT2D eigenvalue weighted by Gasteiger charge is -2.28. The second kappa shape index (κ2) is 7.77. The smallest absolute Gasteiger partial charge is 0.133 e. The molecule has 3 aromatic heterocycles. The van der Waals surface area contributed by atoms with Crippen molar-refractivity contribution in [2.75, 3.05) is 25.1 Å². The average Bonchev–Trinajstić information content (AvgIpc) is 3.19. The molecule has 0 saturated heterocycles. The number of nitrogens with one attached hydrogen (secondary N) is 4. The van der Waals surface area contributed by atoms with Gasteiger partial charge < -0.3 is 21.8 Å². The Kier molecular flexibility index (Phi) is 5.15. The number of aromatic nitrogens is 3. The maximum atomic E-state index is 6.19. The van der Waals surface area contributed by atoms with Crippen LogP contribution in [-0.4, -0.2) is 34.1 Å². The molecular weight excluding hydrogens is 378 g/mol. The van der Waals surface area contributed by atoms with Crippen LogP contribution >= 0.6 is 0 Å². The molecule has 4 heterocycles. The van der Waals surface area contributed by atoms with Crippen LogP contribution in [0.2, 0.25) is 0 Å². The van der Waals surface area contributed by atoms with E-state index in [1.807, 2.05) is 55.8 Å². The Morgan fingerprint density at radius 3 is 2.70 bits per heavy atom. The SMILES string of the molecule is CC[C@@](C)(NC)c1ccnc(Nc2cc3cc(C4=CNNN4C)nc(N)c3cn2)c1. The van der Waals surface area contributed by atoms with E-state index in [9.17, 15) is 0 Å². The van der Waals surface area contributed by atoms with E-state index in [1.165, 1.54) is 0 Å². The van der Waals surface area contributed by atoms with Gasteiger partial charge in [-0.15, -0.1) is 5.53 Å². The molecule has 156 valence electrons. The number of hydrogen-bond acceptors (Lipinski definition) is 9. The Hall–Kier alpha value is -3.43. The topological polar surface area (TPSA) is 116 Å². The monoisotopic (exact) mass is 405 g/mol. The van der Waals surface area contributed by atoms with E-state index in [-0.39, 0.29) is 5.54 Å². The number of hydrazine groups is 2. The number of pyridine rings is 3. The molecule has 0 unspecified atom stereocenters. The van der Waals surface area contributed by atoms with E-state index in [4.69, 9.17) is 5.73 Å². The Bertz CT molecular complexity index is 1100. The van der Waals surface area contributed by atoms with E-state index in [0.29, 0.717) is 11.6 Å². The molecule has 0 spiro atoms. The van der Waals surface area contributed by atoms with E-state index < -0.39 is 0 Å². The molecule has 0 amide bonds. The third-order valence-corrected chi connectivity index (χ3v) is 5.72. The van der Waals surface area contributed by atoms with Gasteiger partial charge in [0.1, 0.15) is 17.5 Å². The van der Waals surface area contributed by atoms with E-state index in [0.717, 1.165) is 40.0 Å². The highest BCUT2D eigenvalue weighted by atomic mass is 15.7. The molecule has 9 nitrogen and oxygen atoms in total. The predicted octanol–water partition coefficient (Wildman–Crippen LogP) is 2.45. The second-order valence-corrected chi connectivity index (χ2v) is 7.52. The summed E-state index contributed by atoms with van der Waals surface area (Å²) >= 11 is 0. The van der Waals surface area contributed by atoms with E-state index in [2.05, 4.69) is 50.4 Å². The van der Waals surface area contributed by atoms with Gasteiger partial charge in [-0.25, -0.2) is 15.0 Å². The fourth-order valence-corrected chi connectivity index (χ4v) is 3.47. The summed E-state index contributed by atoms with van der Waals surface area (Å²) < 4.78 is 0. The van der Waals surface area contributed by atoms with Gasteiger partial charge in [-0.05, 0) is 55.6 Å². The number of hydrogen-bond donors (Lipinski definition) is 5. The predicted molar refractivity (Wildman–Crippen MR) is 120 cm³/mol. The van der Waals surface area contributed by atoms with Crippen LogP contribution in [0.25, 0.3) is 16.5 Å². The number of anilines is 3. The van der Waals surface area contributed by atoms with Gasteiger partial charge in [0.15, 0.2) is 0 Å². The summed E-state index contributed by atoms with van der Waals surface area (Å²) in [5, 5.41) is 10.3. The molecule has 0 aliphatic carbocycles. The van der Waals surface area contributed by atoms with Crippen molar-refractivity contribution in [2.45, 2.75) is 25.8 Å². The average molecular weight is 406 g/mol. The quantitative estimate of drug-likeness (QED) is 0.422. The van der Waals surface area contributed by atoms with Crippen molar-refractivity contribution < 1.29 is 0 Å². The molecule has 0 bridgehead atoms. The normalized spacial score (nSPS) is 15.6. The molecule has 1 aliphatic rings. The van der Waals surface area contributed by atoms with Crippen molar-refractivity contribution >= 4 is 33.9 Å². The minimum atomic E-state index is -0.117. The third kappa shape index (κ3) is 3.60. The van der Waals surface area contributed by atoms with Gasteiger partial charge in [0.2, 0.25) is 0 Å². The minimum Gasteiger partial charge on any atom is -0.383 e. The first-order valence-electron chi connectivity index (χ1n) is 9.87. The molecule has 1 atom stereocenters. The first kappa shape index (κ1) is 19.9. The van der Waals surface area contributed by atoms with Gasteiger partial charge >= 0.3 is 0 Å². The first-order valence-corrected chi connectivity index (χ1v) is 9.87. The van der Waals surface area contributed by atoms with Gasteiger partial charge in [-0.3, -0.25) is 5.01 Å². The van der Waals surface area contributed by atoms with Crippen molar-refractivity contribution in [1.29, 1.82) is 0 Å². The van der Waals surface area contributed by atoms with Gasteiger partial charge in [0, 0.05) is 36.6 Å². The molecule has 0 aromatic carbocycles. The summed E-state index contributed by atoms with van der Waals surface area (Å²) in [6.45, 7) is 4.34. The summed E-state index contributed by atoms with van der Waals surface area (Å²) in [4.78, 5) is 13.5. The number of nitrogens with two attached hydrogens (primary N) is 1. The Morgan fingerprint density at radius 2 is 2.00 bits per heavy atom. The van der Waals surface area contributed by atoms with Gasteiger partial charge in [0.25, 0.3) is 0 Å². The number of fused-ring (bicyclic) bond motifs is 1. The van der Waals surface area contributed by atoms with Crippen molar-refractivity contribution in [3.63, 3.8) is 0 Å².